The van der Waals surface area contributed by atoms with Crippen LogP contribution in [0.2, 0.25) is 0 Å². The van der Waals surface area contributed by atoms with E-state index in [1.54, 1.807) is 6.07 Å². The largest absolute Gasteiger partial charge is 0.416 e. The molecule has 116 valence electrons. The number of nitrogens with one attached hydrogen (secondary N) is 2. The van der Waals surface area contributed by atoms with Gasteiger partial charge in [0.2, 0.25) is 0 Å². The summed E-state index contributed by atoms with van der Waals surface area (Å²) >= 11 is 0. The van der Waals surface area contributed by atoms with E-state index in [0.29, 0.717) is 17.4 Å². The van der Waals surface area contributed by atoms with E-state index in [0.717, 1.165) is 25.2 Å². The first-order valence-corrected chi connectivity index (χ1v) is 7.17. The van der Waals surface area contributed by atoms with Gasteiger partial charge in [-0.1, -0.05) is 12.1 Å². The summed E-state index contributed by atoms with van der Waals surface area (Å²) in [5, 5.41) is 6.31. The van der Waals surface area contributed by atoms with E-state index < -0.39 is 11.7 Å². The van der Waals surface area contributed by atoms with Crippen LogP contribution in [0.4, 0.5) is 13.2 Å². The monoisotopic (exact) mass is 299 g/mol. The maximum atomic E-state index is 12.6. The quantitative estimate of drug-likeness (QED) is 0.647. The first kappa shape index (κ1) is 15.7. The normalized spacial score (nSPS) is 15.9. The molecular weight excluding hydrogens is 279 g/mol. The van der Waals surface area contributed by atoms with E-state index >= 15 is 0 Å². The van der Waals surface area contributed by atoms with Gasteiger partial charge in [0.25, 0.3) is 0 Å². The van der Waals surface area contributed by atoms with E-state index in [9.17, 15) is 13.2 Å². The van der Waals surface area contributed by atoms with Crippen molar-refractivity contribution in [2.75, 3.05) is 13.1 Å². The van der Waals surface area contributed by atoms with Gasteiger partial charge in [-0.15, -0.1) is 0 Å². The van der Waals surface area contributed by atoms with Crippen molar-refractivity contribution in [1.29, 1.82) is 0 Å². The smallest absolute Gasteiger partial charge is 0.357 e. The molecule has 1 aromatic rings. The lowest BCUT2D eigenvalue weighted by molar-refractivity contribution is -0.137. The van der Waals surface area contributed by atoms with Crippen molar-refractivity contribution in [2.45, 2.75) is 32.5 Å². The van der Waals surface area contributed by atoms with Gasteiger partial charge in [0.1, 0.15) is 0 Å². The Hall–Kier alpha value is -1.72. The van der Waals surface area contributed by atoms with Gasteiger partial charge < -0.3 is 10.6 Å². The minimum Gasteiger partial charge on any atom is -0.357 e. The highest BCUT2D eigenvalue weighted by molar-refractivity contribution is 5.79. The number of benzene rings is 1. The molecule has 1 saturated carbocycles. The van der Waals surface area contributed by atoms with Gasteiger partial charge in [0.05, 0.1) is 12.1 Å². The molecule has 1 aromatic carbocycles. The second-order valence-electron chi connectivity index (χ2n) is 5.22. The fraction of sp³-hybridized carbons (Fsp3) is 0.533. The summed E-state index contributed by atoms with van der Waals surface area (Å²) in [6, 6.07) is 5.29. The molecule has 0 spiro atoms. The van der Waals surface area contributed by atoms with Crippen molar-refractivity contribution in [3.63, 3.8) is 0 Å². The summed E-state index contributed by atoms with van der Waals surface area (Å²) in [4.78, 5) is 4.33. The summed E-state index contributed by atoms with van der Waals surface area (Å²) < 4.78 is 37.9. The molecule has 1 aliphatic rings. The van der Waals surface area contributed by atoms with E-state index in [1.807, 2.05) is 6.92 Å². The van der Waals surface area contributed by atoms with Crippen LogP contribution in [-0.2, 0) is 12.7 Å². The zero-order chi connectivity index (χ0) is 15.3. The van der Waals surface area contributed by atoms with Crippen molar-refractivity contribution in [3.05, 3.63) is 35.4 Å². The number of hydrogen-bond donors (Lipinski definition) is 2. The van der Waals surface area contributed by atoms with Crippen molar-refractivity contribution in [2.24, 2.45) is 10.9 Å². The number of hydrogen-bond acceptors (Lipinski definition) is 1. The number of aliphatic imine (C=N–C) groups is 1. The van der Waals surface area contributed by atoms with Gasteiger partial charge >= 0.3 is 6.18 Å². The fourth-order valence-corrected chi connectivity index (χ4v) is 1.92. The van der Waals surface area contributed by atoms with Crippen molar-refractivity contribution in [3.8, 4) is 0 Å². The Labute approximate surface area is 122 Å². The van der Waals surface area contributed by atoms with Crippen LogP contribution in [0.15, 0.2) is 29.3 Å². The zero-order valence-electron chi connectivity index (χ0n) is 12.0. The van der Waals surface area contributed by atoms with Gasteiger partial charge in [-0.2, -0.15) is 13.2 Å². The molecule has 1 aliphatic carbocycles. The van der Waals surface area contributed by atoms with Gasteiger partial charge in [0.15, 0.2) is 5.96 Å². The average Bonchev–Trinajstić information content (AvgIpc) is 3.25. The topological polar surface area (TPSA) is 36.4 Å². The lowest BCUT2D eigenvalue weighted by Gasteiger charge is -2.11. The molecule has 0 atom stereocenters. The Kier molecular flexibility index (Phi) is 5.09. The predicted octanol–water partition coefficient (Wildman–Crippen LogP) is 3.17. The Morgan fingerprint density at radius 1 is 1.29 bits per heavy atom. The summed E-state index contributed by atoms with van der Waals surface area (Å²) in [5.74, 6) is 1.37. The molecule has 0 heterocycles. The summed E-state index contributed by atoms with van der Waals surface area (Å²) in [5.41, 5.74) is -0.0837. The van der Waals surface area contributed by atoms with Crippen LogP contribution in [0.5, 0.6) is 0 Å². The van der Waals surface area contributed by atoms with E-state index in [-0.39, 0.29) is 6.54 Å². The number of halogens is 3. The molecule has 2 N–H and O–H groups in total. The second kappa shape index (κ2) is 6.83. The Morgan fingerprint density at radius 2 is 2.05 bits per heavy atom. The summed E-state index contributed by atoms with van der Waals surface area (Å²) in [7, 11) is 0. The van der Waals surface area contributed by atoms with Crippen molar-refractivity contribution < 1.29 is 13.2 Å². The molecule has 3 nitrogen and oxygen atoms in total. The first-order valence-electron chi connectivity index (χ1n) is 7.17. The number of rotatable bonds is 5. The molecule has 0 aliphatic heterocycles. The molecule has 0 saturated heterocycles. The minimum absolute atomic E-state index is 0.226. The van der Waals surface area contributed by atoms with Gasteiger partial charge in [0, 0.05) is 13.1 Å². The van der Waals surface area contributed by atoms with Gasteiger partial charge in [-0.3, -0.25) is 0 Å². The third-order valence-electron chi connectivity index (χ3n) is 3.27. The molecule has 6 heteroatoms. The molecule has 0 radical (unpaired) electrons. The maximum Gasteiger partial charge on any atom is 0.416 e. The highest BCUT2D eigenvalue weighted by atomic mass is 19.4. The molecule has 1 fully saturated rings. The SMILES string of the molecule is CCNC(=NCc1cccc(C(F)(F)F)c1)NCC1CC1. The van der Waals surface area contributed by atoms with E-state index in [4.69, 9.17) is 0 Å². The highest BCUT2D eigenvalue weighted by Gasteiger charge is 2.30. The standard InChI is InChI=1S/C15H20F3N3/c1-2-19-14(20-9-11-6-7-11)21-10-12-4-3-5-13(8-12)15(16,17)18/h3-5,8,11H,2,6-7,9-10H2,1H3,(H2,19,20,21). The lowest BCUT2D eigenvalue weighted by Crippen LogP contribution is -2.38. The van der Waals surface area contributed by atoms with Gasteiger partial charge in [-0.25, -0.2) is 4.99 Å². The zero-order valence-corrected chi connectivity index (χ0v) is 12.0. The lowest BCUT2D eigenvalue weighted by atomic mass is 10.1. The highest BCUT2D eigenvalue weighted by Crippen LogP contribution is 2.29. The third kappa shape index (κ3) is 5.28. The maximum absolute atomic E-state index is 12.6. The molecule has 0 unspecified atom stereocenters. The molecule has 0 aromatic heterocycles. The van der Waals surface area contributed by atoms with Crippen LogP contribution in [0.25, 0.3) is 0 Å². The number of nitrogens with zero attached hydrogens (tertiary/aromatic N) is 1. The number of guanidine groups is 1. The molecule has 2 rings (SSSR count). The first-order chi connectivity index (χ1) is 9.99. The van der Waals surface area contributed by atoms with Crippen LogP contribution in [0.3, 0.4) is 0 Å². The second-order valence-corrected chi connectivity index (χ2v) is 5.22. The Bertz CT molecular complexity index is 493. The minimum atomic E-state index is -4.31. The fourth-order valence-electron chi connectivity index (χ4n) is 1.92. The van der Waals surface area contributed by atoms with Crippen molar-refractivity contribution >= 4 is 5.96 Å². The van der Waals surface area contributed by atoms with E-state index in [2.05, 4.69) is 15.6 Å². The van der Waals surface area contributed by atoms with Crippen LogP contribution < -0.4 is 10.6 Å². The third-order valence-corrected chi connectivity index (χ3v) is 3.27. The van der Waals surface area contributed by atoms with Crippen LogP contribution in [0, 0.1) is 5.92 Å². The Morgan fingerprint density at radius 3 is 2.67 bits per heavy atom. The predicted molar refractivity (Wildman–Crippen MR) is 77.0 cm³/mol. The summed E-state index contributed by atoms with van der Waals surface area (Å²) in [6.45, 7) is 3.77. The molecule has 21 heavy (non-hydrogen) atoms. The summed E-state index contributed by atoms with van der Waals surface area (Å²) in [6.07, 6.45) is -1.84. The average molecular weight is 299 g/mol. The van der Waals surface area contributed by atoms with Crippen LogP contribution in [0.1, 0.15) is 30.9 Å². The van der Waals surface area contributed by atoms with Crippen LogP contribution in [-0.4, -0.2) is 19.0 Å². The molecule has 0 bridgehead atoms. The number of alkyl halides is 3. The molecular formula is C15H20F3N3. The van der Waals surface area contributed by atoms with Crippen LogP contribution >= 0.6 is 0 Å². The Balaban J connectivity index is 1.98. The van der Waals surface area contributed by atoms with Crippen molar-refractivity contribution in [1.82, 2.24) is 10.6 Å². The van der Waals surface area contributed by atoms with Gasteiger partial charge in [-0.05, 0) is 43.4 Å². The molecule has 0 amide bonds. The van der Waals surface area contributed by atoms with E-state index in [1.165, 1.54) is 18.9 Å².